The molecule has 0 bridgehead atoms. The van der Waals surface area contributed by atoms with Crippen LogP contribution in [-0.4, -0.2) is 58.6 Å². The molecule has 1 aromatic carbocycles. The van der Waals surface area contributed by atoms with Gasteiger partial charge in [0.25, 0.3) is 5.91 Å². The average Bonchev–Trinajstić information content (AvgIpc) is 3.55. The Kier molecular flexibility index (Phi) is 7.15. The zero-order valence-corrected chi connectivity index (χ0v) is 19.8. The van der Waals surface area contributed by atoms with Crippen molar-refractivity contribution < 1.29 is 18.0 Å². The topological polar surface area (TPSA) is 134 Å². The van der Waals surface area contributed by atoms with Crippen LogP contribution in [0.15, 0.2) is 45.1 Å². The molecule has 3 aromatic rings. The quantitative estimate of drug-likeness (QED) is 0.349. The van der Waals surface area contributed by atoms with Crippen LogP contribution >= 0.6 is 34.4 Å². The van der Waals surface area contributed by atoms with E-state index < -0.39 is 15.9 Å². The van der Waals surface area contributed by atoms with E-state index in [0.717, 1.165) is 24.2 Å². The van der Waals surface area contributed by atoms with Gasteiger partial charge in [-0.3, -0.25) is 14.9 Å². The molecule has 2 N–H and O–H groups in total. The van der Waals surface area contributed by atoms with Crippen LogP contribution in [0.4, 0.5) is 10.3 Å². The maximum absolute atomic E-state index is 12.6. The molecule has 0 radical (unpaired) electrons. The van der Waals surface area contributed by atoms with E-state index in [1.165, 1.54) is 51.7 Å². The molecule has 10 nitrogen and oxygen atoms in total. The first-order valence-electron chi connectivity index (χ1n) is 9.49. The Balaban J connectivity index is 1.31. The van der Waals surface area contributed by atoms with Gasteiger partial charge in [0.15, 0.2) is 9.47 Å². The predicted molar refractivity (Wildman–Crippen MR) is 124 cm³/mol. The number of carbonyl (C=O) groups excluding carboxylic acids is 2. The minimum atomic E-state index is -3.52. The summed E-state index contributed by atoms with van der Waals surface area (Å²) in [5.74, 6) is -0.506. The van der Waals surface area contributed by atoms with E-state index >= 15 is 0 Å². The third-order valence-corrected chi connectivity index (χ3v) is 9.03. The largest absolute Gasteiger partial charge is 0.301 e. The summed E-state index contributed by atoms with van der Waals surface area (Å²) in [5.41, 5.74) is 0.303. The minimum Gasteiger partial charge on any atom is -0.301 e. The normalized spacial score (nSPS) is 14.4. The number of benzene rings is 1. The summed E-state index contributed by atoms with van der Waals surface area (Å²) in [6.45, 7) is 1.04. The number of rotatable bonds is 8. The highest BCUT2D eigenvalue weighted by Gasteiger charge is 2.27. The molecular formula is C18H18N6O4S4. The van der Waals surface area contributed by atoms with Gasteiger partial charge < -0.3 is 5.32 Å². The molecule has 1 aliphatic heterocycles. The van der Waals surface area contributed by atoms with Crippen molar-refractivity contribution in [3.63, 3.8) is 0 Å². The molecule has 2 aromatic heterocycles. The minimum absolute atomic E-state index is 0.134. The molecule has 4 rings (SSSR count). The van der Waals surface area contributed by atoms with Gasteiger partial charge in [0.1, 0.15) is 0 Å². The van der Waals surface area contributed by atoms with Gasteiger partial charge in [-0.1, -0.05) is 23.1 Å². The van der Waals surface area contributed by atoms with E-state index in [9.17, 15) is 18.0 Å². The van der Waals surface area contributed by atoms with Crippen LogP contribution in [0.2, 0.25) is 0 Å². The summed E-state index contributed by atoms with van der Waals surface area (Å²) in [4.78, 5) is 28.5. The van der Waals surface area contributed by atoms with Crippen molar-refractivity contribution in [3.05, 3.63) is 41.4 Å². The standard InChI is InChI=1S/C18H18N6O4S4/c25-14(20-16-19-7-10-29-16)11-30-18-23-22-17(31-18)21-15(26)12-3-5-13(6-4-12)32(27,28)24-8-1-2-9-24/h3-7,10H,1-2,8-9,11H2,(H,19,20,25)(H,21,22,26). The number of carbonyl (C=O) groups is 2. The first-order chi connectivity index (χ1) is 15.4. The second kappa shape index (κ2) is 10.0. The Labute approximate surface area is 196 Å². The summed E-state index contributed by atoms with van der Waals surface area (Å²) < 4.78 is 27.2. The monoisotopic (exact) mass is 510 g/mol. The van der Waals surface area contributed by atoms with E-state index in [-0.39, 0.29) is 21.7 Å². The second-order valence-electron chi connectivity index (χ2n) is 6.64. The molecule has 0 unspecified atom stereocenters. The Morgan fingerprint density at radius 2 is 1.81 bits per heavy atom. The van der Waals surface area contributed by atoms with Crippen molar-refractivity contribution in [2.24, 2.45) is 0 Å². The number of thiazole rings is 1. The summed E-state index contributed by atoms with van der Waals surface area (Å²) >= 11 is 3.67. The number of hydrogen-bond acceptors (Lipinski definition) is 10. The van der Waals surface area contributed by atoms with Gasteiger partial charge >= 0.3 is 0 Å². The molecule has 1 saturated heterocycles. The lowest BCUT2D eigenvalue weighted by Crippen LogP contribution is -2.27. The maximum Gasteiger partial charge on any atom is 0.257 e. The molecule has 0 atom stereocenters. The zero-order valence-electron chi connectivity index (χ0n) is 16.6. The third kappa shape index (κ3) is 5.50. The number of hydrogen-bond donors (Lipinski definition) is 2. The summed E-state index contributed by atoms with van der Waals surface area (Å²) in [5, 5.41) is 15.8. The molecule has 2 amide bonds. The molecular weight excluding hydrogens is 493 g/mol. The second-order valence-corrected chi connectivity index (χ2v) is 11.7. The number of sulfonamides is 1. The maximum atomic E-state index is 12.6. The zero-order chi connectivity index (χ0) is 22.6. The van der Waals surface area contributed by atoms with Gasteiger partial charge in [-0.25, -0.2) is 13.4 Å². The Hall–Kier alpha value is -2.39. The van der Waals surface area contributed by atoms with Crippen molar-refractivity contribution in [1.29, 1.82) is 0 Å². The lowest BCUT2D eigenvalue weighted by Gasteiger charge is -2.15. The molecule has 14 heteroatoms. The molecule has 1 fully saturated rings. The number of anilines is 2. The van der Waals surface area contributed by atoms with E-state index in [4.69, 9.17) is 0 Å². The summed E-state index contributed by atoms with van der Waals surface area (Å²) in [6, 6.07) is 5.81. The first kappa shape index (κ1) is 22.8. The molecule has 168 valence electrons. The number of thioether (sulfide) groups is 1. The molecule has 32 heavy (non-hydrogen) atoms. The smallest absolute Gasteiger partial charge is 0.257 e. The van der Waals surface area contributed by atoms with Crippen LogP contribution in [0.25, 0.3) is 0 Å². The van der Waals surface area contributed by atoms with Crippen molar-refractivity contribution in [3.8, 4) is 0 Å². The Bertz CT molecular complexity index is 1190. The fraction of sp³-hybridized carbons (Fsp3) is 0.278. The summed E-state index contributed by atoms with van der Waals surface area (Å²) in [7, 11) is -3.52. The average molecular weight is 511 g/mol. The highest BCUT2D eigenvalue weighted by molar-refractivity contribution is 8.01. The number of nitrogens with zero attached hydrogens (tertiary/aromatic N) is 4. The van der Waals surface area contributed by atoms with Crippen LogP contribution in [0.3, 0.4) is 0 Å². The third-order valence-electron chi connectivity index (χ3n) is 4.45. The van der Waals surface area contributed by atoms with Crippen molar-refractivity contribution >= 4 is 66.5 Å². The summed E-state index contributed by atoms with van der Waals surface area (Å²) in [6.07, 6.45) is 3.32. The van der Waals surface area contributed by atoms with Crippen LogP contribution < -0.4 is 10.6 Å². The van der Waals surface area contributed by atoms with Gasteiger partial charge in [-0.2, -0.15) is 4.31 Å². The lowest BCUT2D eigenvalue weighted by atomic mass is 10.2. The van der Waals surface area contributed by atoms with E-state index in [0.29, 0.717) is 28.1 Å². The van der Waals surface area contributed by atoms with Crippen molar-refractivity contribution in [1.82, 2.24) is 19.5 Å². The Morgan fingerprint density at radius 1 is 1.06 bits per heavy atom. The predicted octanol–water partition coefficient (Wildman–Crippen LogP) is 2.76. The molecule has 0 spiro atoms. The van der Waals surface area contributed by atoms with E-state index in [1.807, 2.05) is 0 Å². The number of aromatic nitrogens is 3. The first-order valence-corrected chi connectivity index (χ1v) is 13.6. The highest BCUT2D eigenvalue weighted by atomic mass is 32.2. The van der Waals surface area contributed by atoms with Gasteiger partial charge in [-0.15, -0.1) is 21.5 Å². The van der Waals surface area contributed by atoms with Crippen LogP contribution in [0.5, 0.6) is 0 Å². The fourth-order valence-electron chi connectivity index (χ4n) is 2.91. The SMILES string of the molecule is O=C(CSc1nnc(NC(=O)c2ccc(S(=O)(=O)N3CCCC3)cc2)s1)Nc1nccs1. The van der Waals surface area contributed by atoms with E-state index in [1.54, 1.807) is 11.6 Å². The van der Waals surface area contributed by atoms with Crippen molar-refractivity contribution in [2.45, 2.75) is 22.1 Å². The molecule has 0 saturated carbocycles. The van der Waals surface area contributed by atoms with Crippen LogP contribution in [0, 0.1) is 0 Å². The van der Waals surface area contributed by atoms with E-state index in [2.05, 4.69) is 25.8 Å². The van der Waals surface area contributed by atoms with Gasteiger partial charge in [0.05, 0.1) is 10.6 Å². The lowest BCUT2D eigenvalue weighted by molar-refractivity contribution is -0.113. The fourth-order valence-corrected chi connectivity index (χ4v) is 6.52. The molecule has 3 heterocycles. The molecule has 1 aliphatic rings. The molecule has 0 aliphatic carbocycles. The highest BCUT2D eigenvalue weighted by Crippen LogP contribution is 2.26. The van der Waals surface area contributed by atoms with Gasteiger partial charge in [0, 0.05) is 30.2 Å². The van der Waals surface area contributed by atoms with Gasteiger partial charge in [-0.05, 0) is 37.1 Å². The van der Waals surface area contributed by atoms with Crippen molar-refractivity contribution in [2.75, 3.05) is 29.5 Å². The number of nitrogens with one attached hydrogen (secondary N) is 2. The Morgan fingerprint density at radius 3 is 2.50 bits per heavy atom. The van der Waals surface area contributed by atoms with Gasteiger partial charge in [0.2, 0.25) is 21.1 Å². The van der Waals surface area contributed by atoms with Crippen LogP contribution in [0.1, 0.15) is 23.2 Å². The van der Waals surface area contributed by atoms with Crippen LogP contribution in [-0.2, 0) is 14.8 Å². The number of amides is 2.